The van der Waals surface area contributed by atoms with Gasteiger partial charge in [0, 0.05) is 31.7 Å². The molecule has 0 bridgehead atoms. The third-order valence-corrected chi connectivity index (χ3v) is 3.10. The summed E-state index contributed by atoms with van der Waals surface area (Å²) in [6, 6.07) is 1.88. The zero-order valence-corrected chi connectivity index (χ0v) is 10.3. The first kappa shape index (κ1) is 11.4. The van der Waals surface area contributed by atoms with E-state index in [4.69, 9.17) is 8.94 Å². The van der Waals surface area contributed by atoms with Crippen molar-refractivity contribution in [1.29, 1.82) is 0 Å². The predicted octanol–water partition coefficient (Wildman–Crippen LogP) is 1.04. The number of hydrogen-bond acceptors (Lipinski definition) is 6. The minimum Gasteiger partial charge on any atom is -0.459 e. The van der Waals surface area contributed by atoms with Gasteiger partial charge in [-0.15, -0.1) is 0 Å². The standard InChI is InChI=1S/C12H16N4O2/c1-9-2-7-17-11(9)12-14-10(15-18-12)8-16-5-3-13-4-6-16/h2,7,13H,3-6,8H2,1H3. The molecule has 3 heterocycles. The highest BCUT2D eigenvalue weighted by Gasteiger charge is 2.17. The van der Waals surface area contributed by atoms with Gasteiger partial charge in [0.25, 0.3) is 5.89 Å². The zero-order valence-electron chi connectivity index (χ0n) is 10.3. The van der Waals surface area contributed by atoms with Crippen LogP contribution < -0.4 is 5.32 Å². The molecule has 0 amide bonds. The SMILES string of the molecule is Cc1ccoc1-c1nc(CN2CCNCC2)no1. The van der Waals surface area contributed by atoms with Gasteiger partial charge in [0.05, 0.1) is 12.8 Å². The first-order valence-corrected chi connectivity index (χ1v) is 6.13. The maximum Gasteiger partial charge on any atom is 0.293 e. The summed E-state index contributed by atoms with van der Waals surface area (Å²) in [7, 11) is 0. The van der Waals surface area contributed by atoms with E-state index in [1.165, 1.54) is 0 Å². The Morgan fingerprint density at radius 3 is 2.94 bits per heavy atom. The molecule has 0 spiro atoms. The fraction of sp³-hybridized carbons (Fsp3) is 0.500. The van der Waals surface area contributed by atoms with Crippen LogP contribution in [0, 0.1) is 6.92 Å². The van der Waals surface area contributed by atoms with E-state index < -0.39 is 0 Å². The van der Waals surface area contributed by atoms with E-state index in [0.29, 0.717) is 17.5 Å². The van der Waals surface area contributed by atoms with Crippen LogP contribution in [0.3, 0.4) is 0 Å². The van der Waals surface area contributed by atoms with Gasteiger partial charge in [-0.25, -0.2) is 0 Å². The molecule has 1 aliphatic heterocycles. The molecule has 0 saturated carbocycles. The molecule has 1 saturated heterocycles. The average molecular weight is 248 g/mol. The molecule has 0 atom stereocenters. The van der Waals surface area contributed by atoms with E-state index in [-0.39, 0.29) is 0 Å². The highest BCUT2D eigenvalue weighted by atomic mass is 16.5. The Morgan fingerprint density at radius 2 is 2.22 bits per heavy atom. The second-order valence-corrected chi connectivity index (χ2v) is 4.47. The lowest BCUT2D eigenvalue weighted by molar-refractivity contribution is 0.225. The summed E-state index contributed by atoms with van der Waals surface area (Å²) >= 11 is 0. The van der Waals surface area contributed by atoms with Crippen LogP contribution in [0.15, 0.2) is 21.3 Å². The number of rotatable bonds is 3. The third kappa shape index (κ3) is 2.30. The Kier molecular flexibility index (Phi) is 3.12. The molecule has 1 aliphatic rings. The average Bonchev–Trinajstić information content (AvgIpc) is 2.99. The van der Waals surface area contributed by atoms with Gasteiger partial charge in [0.15, 0.2) is 11.6 Å². The van der Waals surface area contributed by atoms with Crippen molar-refractivity contribution in [3.63, 3.8) is 0 Å². The van der Waals surface area contributed by atoms with E-state index in [1.807, 2.05) is 13.0 Å². The van der Waals surface area contributed by atoms with Gasteiger partial charge in [-0.05, 0) is 13.0 Å². The molecular formula is C12H16N4O2. The molecule has 2 aromatic heterocycles. The normalized spacial score (nSPS) is 17.2. The first-order valence-electron chi connectivity index (χ1n) is 6.13. The molecule has 2 aromatic rings. The van der Waals surface area contributed by atoms with E-state index in [2.05, 4.69) is 20.4 Å². The number of piperazine rings is 1. The molecule has 1 fully saturated rings. The van der Waals surface area contributed by atoms with Crippen LogP contribution >= 0.6 is 0 Å². The predicted molar refractivity (Wildman–Crippen MR) is 64.9 cm³/mol. The van der Waals surface area contributed by atoms with Gasteiger partial charge in [-0.1, -0.05) is 5.16 Å². The second-order valence-electron chi connectivity index (χ2n) is 4.47. The molecule has 96 valence electrons. The highest BCUT2D eigenvalue weighted by molar-refractivity contribution is 5.49. The van der Waals surface area contributed by atoms with Crippen molar-refractivity contribution in [2.75, 3.05) is 26.2 Å². The Bertz CT molecular complexity index is 514. The number of furan rings is 1. The molecule has 0 unspecified atom stereocenters. The quantitative estimate of drug-likeness (QED) is 0.875. The summed E-state index contributed by atoms with van der Waals surface area (Å²) in [6.07, 6.45) is 1.63. The van der Waals surface area contributed by atoms with Crippen LogP contribution in [0.5, 0.6) is 0 Å². The van der Waals surface area contributed by atoms with Crippen molar-refractivity contribution < 1.29 is 8.94 Å². The molecule has 6 nitrogen and oxygen atoms in total. The maximum absolute atomic E-state index is 5.33. The Hall–Kier alpha value is -1.66. The second kappa shape index (κ2) is 4.91. The Balaban J connectivity index is 1.71. The van der Waals surface area contributed by atoms with Crippen molar-refractivity contribution in [2.45, 2.75) is 13.5 Å². The third-order valence-electron chi connectivity index (χ3n) is 3.10. The van der Waals surface area contributed by atoms with Crippen LogP contribution in [-0.4, -0.2) is 41.2 Å². The number of aromatic nitrogens is 2. The molecule has 18 heavy (non-hydrogen) atoms. The fourth-order valence-corrected chi connectivity index (χ4v) is 2.07. The lowest BCUT2D eigenvalue weighted by Gasteiger charge is -2.25. The van der Waals surface area contributed by atoms with Gasteiger partial charge in [0.2, 0.25) is 0 Å². The summed E-state index contributed by atoms with van der Waals surface area (Å²) in [6.45, 7) is 6.75. The zero-order chi connectivity index (χ0) is 12.4. The summed E-state index contributed by atoms with van der Waals surface area (Å²) in [5.74, 6) is 1.83. The lowest BCUT2D eigenvalue weighted by Crippen LogP contribution is -2.43. The van der Waals surface area contributed by atoms with Crippen LogP contribution in [-0.2, 0) is 6.54 Å². The van der Waals surface area contributed by atoms with Gasteiger partial charge >= 0.3 is 0 Å². The molecule has 3 rings (SSSR count). The van der Waals surface area contributed by atoms with E-state index >= 15 is 0 Å². The monoisotopic (exact) mass is 248 g/mol. The molecule has 0 radical (unpaired) electrons. The minimum absolute atomic E-state index is 0.461. The van der Waals surface area contributed by atoms with Gasteiger partial charge < -0.3 is 14.3 Å². The fourth-order valence-electron chi connectivity index (χ4n) is 2.07. The van der Waals surface area contributed by atoms with E-state index in [9.17, 15) is 0 Å². The van der Waals surface area contributed by atoms with Gasteiger partial charge in [-0.2, -0.15) is 4.98 Å². The van der Waals surface area contributed by atoms with Gasteiger partial charge in [-0.3, -0.25) is 4.90 Å². The molecular weight excluding hydrogens is 232 g/mol. The summed E-state index contributed by atoms with van der Waals surface area (Å²) in [5, 5.41) is 7.31. The topological polar surface area (TPSA) is 67.3 Å². The smallest absolute Gasteiger partial charge is 0.293 e. The van der Waals surface area contributed by atoms with Crippen LogP contribution in [0.1, 0.15) is 11.4 Å². The van der Waals surface area contributed by atoms with Crippen molar-refractivity contribution in [1.82, 2.24) is 20.4 Å². The first-order chi connectivity index (χ1) is 8.83. The number of aryl methyl sites for hydroxylation is 1. The Labute approximate surface area is 105 Å². The van der Waals surface area contributed by atoms with Crippen LogP contribution in [0.4, 0.5) is 0 Å². The molecule has 0 aliphatic carbocycles. The number of nitrogens with zero attached hydrogens (tertiary/aromatic N) is 3. The Morgan fingerprint density at radius 1 is 1.39 bits per heavy atom. The number of nitrogens with one attached hydrogen (secondary N) is 1. The molecule has 1 N–H and O–H groups in total. The molecule has 0 aromatic carbocycles. The molecule has 6 heteroatoms. The van der Waals surface area contributed by atoms with Crippen LogP contribution in [0.25, 0.3) is 11.7 Å². The van der Waals surface area contributed by atoms with E-state index in [1.54, 1.807) is 6.26 Å². The van der Waals surface area contributed by atoms with Gasteiger partial charge in [0.1, 0.15) is 0 Å². The van der Waals surface area contributed by atoms with Crippen molar-refractivity contribution >= 4 is 0 Å². The maximum atomic E-state index is 5.33. The van der Waals surface area contributed by atoms with Crippen LogP contribution in [0.2, 0.25) is 0 Å². The largest absolute Gasteiger partial charge is 0.459 e. The number of hydrogen-bond donors (Lipinski definition) is 1. The summed E-state index contributed by atoms with van der Waals surface area (Å²) < 4.78 is 10.6. The van der Waals surface area contributed by atoms with Crippen molar-refractivity contribution in [3.05, 3.63) is 23.7 Å². The van der Waals surface area contributed by atoms with E-state index in [0.717, 1.165) is 38.3 Å². The minimum atomic E-state index is 0.461. The van der Waals surface area contributed by atoms with Crippen molar-refractivity contribution in [2.24, 2.45) is 0 Å². The highest BCUT2D eigenvalue weighted by Crippen LogP contribution is 2.22. The summed E-state index contributed by atoms with van der Waals surface area (Å²) in [4.78, 5) is 6.68. The lowest BCUT2D eigenvalue weighted by atomic mass is 10.3. The van der Waals surface area contributed by atoms with Crippen molar-refractivity contribution in [3.8, 4) is 11.7 Å². The summed E-state index contributed by atoms with van der Waals surface area (Å²) in [5.41, 5.74) is 1.01.